The molecule has 0 saturated heterocycles. The van der Waals surface area contributed by atoms with E-state index in [0.717, 1.165) is 25.7 Å². The molecule has 4 aromatic rings. The molecular formula is C45H51Cl2Zr. The van der Waals surface area contributed by atoms with Crippen molar-refractivity contribution in [3.8, 4) is 11.1 Å². The summed E-state index contributed by atoms with van der Waals surface area (Å²) in [5.74, 6) is 0. The molecule has 2 aliphatic carbocycles. The Morgan fingerprint density at radius 1 is 0.688 bits per heavy atom. The normalized spacial score (nSPS) is 14.8. The summed E-state index contributed by atoms with van der Waals surface area (Å²) in [5.41, 5.74) is 20.4. The summed E-state index contributed by atoms with van der Waals surface area (Å²) in [4.78, 5) is 0. The van der Waals surface area contributed by atoms with Gasteiger partial charge in [0, 0.05) is 0 Å². The second kappa shape index (κ2) is 15.3. The minimum Gasteiger partial charge on any atom is -1.00 e. The van der Waals surface area contributed by atoms with Crippen molar-refractivity contribution in [3.05, 3.63) is 147 Å². The maximum Gasteiger partial charge on any atom is -1.00 e. The average molecular weight is 754 g/mol. The van der Waals surface area contributed by atoms with Gasteiger partial charge in [-0.1, -0.05) is 0 Å². The van der Waals surface area contributed by atoms with Crippen molar-refractivity contribution in [2.75, 3.05) is 0 Å². The first-order valence-corrected chi connectivity index (χ1v) is 20.1. The number of rotatable bonds is 7. The van der Waals surface area contributed by atoms with Crippen LogP contribution in [0.15, 0.2) is 91.0 Å². The molecule has 0 amide bonds. The summed E-state index contributed by atoms with van der Waals surface area (Å²) in [6, 6.07) is 27.8. The van der Waals surface area contributed by atoms with E-state index < -0.39 is 22.8 Å². The van der Waals surface area contributed by atoms with Crippen molar-refractivity contribution in [1.29, 1.82) is 0 Å². The summed E-state index contributed by atoms with van der Waals surface area (Å²) < 4.78 is 2.04. The van der Waals surface area contributed by atoms with E-state index in [9.17, 15) is 0 Å². The van der Waals surface area contributed by atoms with Crippen molar-refractivity contribution >= 4 is 8.78 Å². The van der Waals surface area contributed by atoms with Crippen LogP contribution in [0.2, 0.25) is 0 Å². The predicted molar refractivity (Wildman–Crippen MR) is 197 cm³/mol. The topological polar surface area (TPSA) is 0 Å². The van der Waals surface area contributed by atoms with E-state index in [1.165, 1.54) is 27.8 Å². The Labute approximate surface area is 314 Å². The Morgan fingerprint density at radius 2 is 1.27 bits per heavy atom. The van der Waals surface area contributed by atoms with Crippen LogP contribution >= 0.6 is 0 Å². The maximum absolute atomic E-state index is 2.65. The van der Waals surface area contributed by atoms with Crippen molar-refractivity contribution in [2.24, 2.45) is 0 Å². The van der Waals surface area contributed by atoms with Gasteiger partial charge >= 0.3 is 292 Å². The zero-order chi connectivity index (χ0) is 32.8. The second-order valence-corrected chi connectivity index (χ2v) is 18.5. The van der Waals surface area contributed by atoms with Crippen molar-refractivity contribution < 1.29 is 47.6 Å². The van der Waals surface area contributed by atoms with Crippen LogP contribution in [0.3, 0.4) is 0 Å². The van der Waals surface area contributed by atoms with Crippen LogP contribution in [-0.2, 0) is 52.8 Å². The zero-order valence-electron chi connectivity index (χ0n) is 30.3. The van der Waals surface area contributed by atoms with Gasteiger partial charge in [-0.25, -0.2) is 0 Å². The van der Waals surface area contributed by atoms with Gasteiger partial charge in [-0.05, 0) is 0 Å². The van der Waals surface area contributed by atoms with Crippen LogP contribution in [0.1, 0.15) is 128 Å². The molecule has 6 rings (SSSR count). The van der Waals surface area contributed by atoms with Gasteiger partial charge in [0.1, 0.15) is 0 Å². The number of hydrogen-bond acceptors (Lipinski definition) is 0. The van der Waals surface area contributed by atoms with E-state index in [0.29, 0.717) is 3.63 Å². The fourth-order valence-electron chi connectivity index (χ4n) is 7.99. The number of aryl methyl sites for hydroxylation is 1. The first-order valence-electron chi connectivity index (χ1n) is 17.5. The van der Waals surface area contributed by atoms with E-state index in [1.54, 1.807) is 47.7 Å². The number of fused-ring (bicyclic) bond motifs is 3. The van der Waals surface area contributed by atoms with Gasteiger partial charge in [0.05, 0.1) is 0 Å². The molecular weight excluding hydrogens is 703 g/mol. The molecule has 0 aliphatic heterocycles. The van der Waals surface area contributed by atoms with Gasteiger partial charge in [-0.3, -0.25) is 0 Å². The quantitative estimate of drug-likeness (QED) is 0.226. The Kier molecular flexibility index (Phi) is 12.3. The van der Waals surface area contributed by atoms with Gasteiger partial charge in [0.15, 0.2) is 0 Å². The van der Waals surface area contributed by atoms with Gasteiger partial charge in [-0.2, -0.15) is 0 Å². The van der Waals surface area contributed by atoms with Gasteiger partial charge in [0.25, 0.3) is 0 Å². The number of hydrogen-bond donors (Lipinski definition) is 0. The molecule has 0 bridgehead atoms. The first kappa shape index (κ1) is 38.5. The van der Waals surface area contributed by atoms with E-state index in [-0.39, 0.29) is 35.6 Å². The number of benzene rings is 4. The molecule has 2 aliphatic rings. The average Bonchev–Trinajstić information content (AvgIpc) is 3.69. The van der Waals surface area contributed by atoms with Crippen LogP contribution in [-0.4, -0.2) is 3.21 Å². The van der Waals surface area contributed by atoms with Crippen LogP contribution < -0.4 is 24.8 Å². The molecule has 1 atom stereocenters. The van der Waals surface area contributed by atoms with E-state index >= 15 is 0 Å². The molecule has 0 saturated carbocycles. The third kappa shape index (κ3) is 7.00. The third-order valence-electron chi connectivity index (χ3n) is 10.1. The Balaban J connectivity index is 0.00000260. The molecule has 0 fully saturated rings. The predicted octanol–water partition coefficient (Wildman–Crippen LogP) is 5.74. The van der Waals surface area contributed by atoms with Gasteiger partial charge in [0.2, 0.25) is 0 Å². The Hall–Kier alpha value is -2.31. The summed E-state index contributed by atoms with van der Waals surface area (Å²) in [7, 11) is 0. The molecule has 4 aromatic carbocycles. The van der Waals surface area contributed by atoms with Gasteiger partial charge < -0.3 is 24.8 Å². The number of allylic oxidation sites excluding steroid dienone is 4. The maximum atomic E-state index is 2.65. The largest absolute Gasteiger partial charge is 1.00 e. The molecule has 3 heteroatoms. The molecule has 0 N–H and O–H groups in total. The SMILES string of the molecule is CCc1cc(C(C)(C)C)cc2c1-c1c(CC)c(CC)c(C(C)(C)C)c(C3=CC=CC3)c1[CH]2[Zr+2]=[C](c1ccccc1)c1ccccc1.[Cl-].[Cl-]. The summed E-state index contributed by atoms with van der Waals surface area (Å²) in [6.45, 7) is 21.7. The minimum absolute atomic E-state index is 0. The Bertz CT molecular complexity index is 1820. The second-order valence-electron chi connectivity index (χ2n) is 15.2. The molecule has 1 unspecified atom stereocenters. The van der Waals surface area contributed by atoms with E-state index in [2.05, 4.69) is 153 Å². The van der Waals surface area contributed by atoms with Crippen molar-refractivity contribution in [3.63, 3.8) is 0 Å². The standard InChI is InChI=1S/C32H41.C13H10.2ClH.Zr/c1-10-20-17-23(31(4,5)6)18-22-19-26-28(21-15-13-14-16-21)30(32(7,8)9)25(12-3)24(11-2)29(26)27(20)22;1-3-7-12(8-4-1)11-13-9-5-2-6-10-13;;;/h13-15,17-19H,10-12,16H2,1-9H3;1-10H;2*1H;/q;;;;+2/p-2. The van der Waals surface area contributed by atoms with E-state index in [4.69, 9.17) is 0 Å². The fraction of sp³-hybridized carbons (Fsp3) is 0.356. The third-order valence-corrected chi connectivity index (χ3v) is 14.4. The van der Waals surface area contributed by atoms with Crippen molar-refractivity contribution in [1.82, 2.24) is 0 Å². The first-order chi connectivity index (χ1) is 22.0. The van der Waals surface area contributed by atoms with Gasteiger partial charge in [-0.15, -0.1) is 0 Å². The Morgan fingerprint density at radius 3 is 1.73 bits per heavy atom. The fourth-order valence-corrected chi connectivity index (χ4v) is 12.3. The molecule has 249 valence electrons. The minimum atomic E-state index is -1.29. The number of halogens is 2. The summed E-state index contributed by atoms with van der Waals surface area (Å²) in [5, 5.41) is 0. The molecule has 0 spiro atoms. The van der Waals surface area contributed by atoms with Crippen LogP contribution in [0.25, 0.3) is 16.7 Å². The summed E-state index contributed by atoms with van der Waals surface area (Å²) >= 11 is -1.29. The van der Waals surface area contributed by atoms with Crippen molar-refractivity contribution in [2.45, 2.75) is 102 Å². The van der Waals surface area contributed by atoms with Crippen LogP contribution in [0.5, 0.6) is 0 Å². The molecule has 0 aromatic heterocycles. The monoisotopic (exact) mass is 751 g/mol. The molecule has 0 radical (unpaired) electrons. The molecule has 48 heavy (non-hydrogen) atoms. The zero-order valence-corrected chi connectivity index (χ0v) is 34.3. The smallest absolute Gasteiger partial charge is 1.00 e. The van der Waals surface area contributed by atoms with Crippen LogP contribution in [0.4, 0.5) is 0 Å². The summed E-state index contributed by atoms with van der Waals surface area (Å²) in [6.07, 6.45) is 11.3. The molecule has 0 heterocycles. The van der Waals surface area contributed by atoms with E-state index in [1.807, 2.05) is 0 Å². The van der Waals surface area contributed by atoms with Crippen LogP contribution in [0, 0.1) is 0 Å². The molecule has 0 nitrogen and oxygen atoms in total.